The molecule has 0 aliphatic carbocycles. The summed E-state index contributed by atoms with van der Waals surface area (Å²) in [5.74, 6) is 0. The van der Waals surface area contributed by atoms with Crippen LogP contribution in [0.5, 0.6) is 0 Å². The molecule has 1 nitrogen and oxygen atoms in total. The van der Waals surface area contributed by atoms with E-state index in [1.807, 2.05) is 0 Å². The van der Waals surface area contributed by atoms with Gasteiger partial charge in [0.15, 0.2) is 0 Å². The zero-order valence-corrected chi connectivity index (χ0v) is 8.82. The lowest BCUT2D eigenvalue weighted by atomic mass is 9.81. The van der Waals surface area contributed by atoms with Gasteiger partial charge in [0.2, 0.25) is 0 Å². The van der Waals surface area contributed by atoms with Crippen molar-refractivity contribution in [1.82, 2.24) is 0 Å². The number of hydrogen-bond acceptors (Lipinski definition) is 1. The molecule has 0 aromatic heterocycles. The van der Waals surface area contributed by atoms with Crippen LogP contribution in [0.4, 0.5) is 0 Å². The Morgan fingerprint density at radius 2 is 2.36 bits per heavy atom. The van der Waals surface area contributed by atoms with Crippen molar-refractivity contribution < 1.29 is 4.74 Å². The lowest BCUT2D eigenvalue weighted by Gasteiger charge is -2.35. The summed E-state index contributed by atoms with van der Waals surface area (Å²) in [6.07, 6.45) is 5.16. The molecule has 1 aliphatic heterocycles. The SMILES string of the molecule is CCCC1(CBr)CCCOC1. The Hall–Kier alpha value is 0.440. The maximum Gasteiger partial charge on any atom is 0.0530 e. The Kier molecular flexibility index (Phi) is 3.86. The van der Waals surface area contributed by atoms with Gasteiger partial charge in [-0.15, -0.1) is 0 Å². The first-order chi connectivity index (χ1) is 5.33. The van der Waals surface area contributed by atoms with Gasteiger partial charge in [0, 0.05) is 17.4 Å². The third-order valence-electron chi connectivity index (χ3n) is 2.47. The van der Waals surface area contributed by atoms with E-state index < -0.39 is 0 Å². The molecule has 11 heavy (non-hydrogen) atoms. The molecule has 1 unspecified atom stereocenters. The molecular weight excluding hydrogens is 204 g/mol. The lowest BCUT2D eigenvalue weighted by Crippen LogP contribution is -2.33. The van der Waals surface area contributed by atoms with E-state index in [1.54, 1.807) is 0 Å². The van der Waals surface area contributed by atoms with E-state index in [0.29, 0.717) is 5.41 Å². The van der Waals surface area contributed by atoms with Crippen LogP contribution >= 0.6 is 15.9 Å². The smallest absolute Gasteiger partial charge is 0.0530 e. The molecule has 1 heterocycles. The number of halogens is 1. The van der Waals surface area contributed by atoms with E-state index in [2.05, 4.69) is 22.9 Å². The normalized spacial score (nSPS) is 32.2. The van der Waals surface area contributed by atoms with Crippen LogP contribution in [0, 0.1) is 5.41 Å². The topological polar surface area (TPSA) is 9.23 Å². The molecule has 1 fully saturated rings. The number of hydrogen-bond donors (Lipinski definition) is 0. The van der Waals surface area contributed by atoms with Crippen LogP contribution in [0.2, 0.25) is 0 Å². The molecular formula is C9H17BrO. The van der Waals surface area contributed by atoms with Gasteiger partial charge in [-0.25, -0.2) is 0 Å². The zero-order chi connectivity index (χ0) is 8.16. The fourth-order valence-electron chi connectivity index (χ4n) is 1.81. The van der Waals surface area contributed by atoms with Gasteiger partial charge in [-0.05, 0) is 19.3 Å². The van der Waals surface area contributed by atoms with Crippen LogP contribution in [0.15, 0.2) is 0 Å². The van der Waals surface area contributed by atoms with Crippen molar-refractivity contribution in [3.05, 3.63) is 0 Å². The molecule has 0 aromatic carbocycles. The summed E-state index contributed by atoms with van der Waals surface area (Å²) in [6.45, 7) is 4.18. The van der Waals surface area contributed by atoms with Crippen LogP contribution in [-0.4, -0.2) is 18.5 Å². The van der Waals surface area contributed by atoms with Gasteiger partial charge in [0.05, 0.1) is 6.61 Å². The van der Waals surface area contributed by atoms with E-state index in [4.69, 9.17) is 4.74 Å². The van der Waals surface area contributed by atoms with Gasteiger partial charge >= 0.3 is 0 Å². The van der Waals surface area contributed by atoms with E-state index in [9.17, 15) is 0 Å². The standard InChI is InChI=1S/C9H17BrO/c1-2-4-9(7-10)5-3-6-11-8-9/h2-8H2,1H3. The molecule has 0 amide bonds. The fraction of sp³-hybridized carbons (Fsp3) is 1.00. The lowest BCUT2D eigenvalue weighted by molar-refractivity contribution is 0.00116. The molecule has 0 bridgehead atoms. The average Bonchev–Trinajstić information content (AvgIpc) is 2.07. The van der Waals surface area contributed by atoms with Crippen molar-refractivity contribution in [2.45, 2.75) is 32.6 Å². The minimum atomic E-state index is 0.465. The highest BCUT2D eigenvalue weighted by Gasteiger charge is 2.30. The van der Waals surface area contributed by atoms with Gasteiger partial charge < -0.3 is 4.74 Å². The highest BCUT2D eigenvalue weighted by Crippen LogP contribution is 2.34. The van der Waals surface area contributed by atoms with Crippen molar-refractivity contribution in [2.24, 2.45) is 5.41 Å². The second-order valence-corrected chi connectivity index (χ2v) is 4.10. The summed E-state index contributed by atoms with van der Waals surface area (Å²) in [6, 6.07) is 0. The largest absolute Gasteiger partial charge is 0.381 e. The zero-order valence-electron chi connectivity index (χ0n) is 7.24. The highest BCUT2D eigenvalue weighted by atomic mass is 79.9. The van der Waals surface area contributed by atoms with Crippen LogP contribution < -0.4 is 0 Å². The summed E-state index contributed by atoms with van der Waals surface area (Å²) in [5, 5.41) is 1.10. The van der Waals surface area contributed by atoms with Gasteiger partial charge in [0.1, 0.15) is 0 Å². The summed E-state index contributed by atoms with van der Waals surface area (Å²) in [7, 11) is 0. The summed E-state index contributed by atoms with van der Waals surface area (Å²) < 4.78 is 5.50. The summed E-state index contributed by atoms with van der Waals surface area (Å²) in [4.78, 5) is 0. The van der Waals surface area contributed by atoms with Crippen molar-refractivity contribution in [1.29, 1.82) is 0 Å². The van der Waals surface area contributed by atoms with Crippen molar-refractivity contribution in [2.75, 3.05) is 18.5 Å². The molecule has 2 heteroatoms. The Bertz CT molecular complexity index is 103. The summed E-state index contributed by atoms with van der Waals surface area (Å²) >= 11 is 3.59. The highest BCUT2D eigenvalue weighted by molar-refractivity contribution is 9.09. The van der Waals surface area contributed by atoms with Crippen LogP contribution in [-0.2, 0) is 4.74 Å². The molecule has 1 aliphatic rings. The Labute approximate surface area is 77.6 Å². The second-order valence-electron chi connectivity index (χ2n) is 3.54. The number of rotatable bonds is 3. The molecule has 1 saturated heterocycles. The maximum atomic E-state index is 5.50. The molecule has 66 valence electrons. The van der Waals surface area contributed by atoms with Gasteiger partial charge in [-0.3, -0.25) is 0 Å². The third kappa shape index (κ3) is 2.45. The van der Waals surface area contributed by atoms with E-state index in [1.165, 1.54) is 25.7 Å². The summed E-state index contributed by atoms with van der Waals surface area (Å²) in [5.41, 5.74) is 0.465. The second kappa shape index (κ2) is 4.46. The molecule has 0 spiro atoms. The van der Waals surface area contributed by atoms with Gasteiger partial charge in [0.25, 0.3) is 0 Å². The van der Waals surface area contributed by atoms with Crippen LogP contribution in [0.1, 0.15) is 32.6 Å². The Morgan fingerprint density at radius 3 is 2.82 bits per heavy atom. The minimum absolute atomic E-state index is 0.465. The molecule has 0 radical (unpaired) electrons. The first-order valence-corrected chi connectivity index (χ1v) is 5.59. The van der Waals surface area contributed by atoms with Crippen molar-refractivity contribution in [3.63, 3.8) is 0 Å². The molecule has 1 atom stereocenters. The molecule has 1 rings (SSSR count). The fourth-order valence-corrected chi connectivity index (χ4v) is 2.53. The predicted molar refractivity (Wildman–Crippen MR) is 51.2 cm³/mol. The number of alkyl halides is 1. The van der Waals surface area contributed by atoms with Crippen molar-refractivity contribution in [3.8, 4) is 0 Å². The minimum Gasteiger partial charge on any atom is -0.381 e. The average molecular weight is 221 g/mol. The Balaban J connectivity index is 2.42. The third-order valence-corrected chi connectivity index (χ3v) is 3.66. The molecule has 0 N–H and O–H groups in total. The van der Waals surface area contributed by atoms with E-state index in [-0.39, 0.29) is 0 Å². The first kappa shape index (κ1) is 9.53. The van der Waals surface area contributed by atoms with E-state index >= 15 is 0 Å². The Morgan fingerprint density at radius 1 is 1.55 bits per heavy atom. The first-order valence-electron chi connectivity index (χ1n) is 4.47. The predicted octanol–water partition coefficient (Wildman–Crippen LogP) is 2.98. The molecule has 0 saturated carbocycles. The van der Waals surface area contributed by atoms with Gasteiger partial charge in [-0.2, -0.15) is 0 Å². The van der Waals surface area contributed by atoms with Crippen molar-refractivity contribution >= 4 is 15.9 Å². The van der Waals surface area contributed by atoms with Gasteiger partial charge in [-0.1, -0.05) is 29.3 Å². The number of ether oxygens (including phenoxy) is 1. The quantitative estimate of drug-likeness (QED) is 0.665. The van der Waals surface area contributed by atoms with E-state index in [0.717, 1.165) is 18.5 Å². The van der Waals surface area contributed by atoms with Crippen LogP contribution in [0.25, 0.3) is 0 Å². The monoisotopic (exact) mass is 220 g/mol. The maximum absolute atomic E-state index is 5.50. The van der Waals surface area contributed by atoms with Crippen LogP contribution in [0.3, 0.4) is 0 Å². The molecule has 0 aromatic rings.